The standard InChI is InChI=1S/C11H21NO/c1-8-5-6-10(12)11(7-8)13-9-3-2-4-9/h8-11H,2-7,12H2,1H3. The number of hydrogen-bond acceptors (Lipinski definition) is 2. The lowest BCUT2D eigenvalue weighted by Gasteiger charge is -2.37. The molecule has 2 saturated carbocycles. The zero-order chi connectivity index (χ0) is 9.26. The number of rotatable bonds is 2. The highest BCUT2D eigenvalue weighted by atomic mass is 16.5. The average Bonchev–Trinajstić information content (AvgIpc) is 2.03. The highest BCUT2D eigenvalue weighted by molar-refractivity contribution is 4.84. The Morgan fingerprint density at radius 2 is 1.92 bits per heavy atom. The van der Waals surface area contributed by atoms with Crippen molar-refractivity contribution in [1.82, 2.24) is 0 Å². The Kier molecular flexibility index (Phi) is 2.89. The van der Waals surface area contributed by atoms with Gasteiger partial charge in [0, 0.05) is 6.04 Å². The van der Waals surface area contributed by atoms with Crippen molar-refractivity contribution in [2.24, 2.45) is 11.7 Å². The maximum atomic E-state index is 6.04. The lowest BCUT2D eigenvalue weighted by Crippen LogP contribution is -2.44. The molecular weight excluding hydrogens is 162 g/mol. The minimum absolute atomic E-state index is 0.303. The Bertz CT molecular complexity index is 167. The first kappa shape index (κ1) is 9.47. The third kappa shape index (κ3) is 2.23. The van der Waals surface area contributed by atoms with Crippen LogP contribution in [0, 0.1) is 5.92 Å². The fourth-order valence-electron chi connectivity index (χ4n) is 2.26. The van der Waals surface area contributed by atoms with Crippen molar-refractivity contribution < 1.29 is 4.74 Å². The zero-order valence-corrected chi connectivity index (χ0v) is 8.54. The van der Waals surface area contributed by atoms with E-state index in [4.69, 9.17) is 10.5 Å². The van der Waals surface area contributed by atoms with Gasteiger partial charge in [0.15, 0.2) is 0 Å². The summed E-state index contributed by atoms with van der Waals surface area (Å²) in [6.45, 7) is 2.31. The van der Waals surface area contributed by atoms with Gasteiger partial charge in [-0.05, 0) is 44.4 Å². The van der Waals surface area contributed by atoms with Crippen LogP contribution in [-0.4, -0.2) is 18.2 Å². The topological polar surface area (TPSA) is 35.2 Å². The van der Waals surface area contributed by atoms with Gasteiger partial charge in [0.1, 0.15) is 0 Å². The summed E-state index contributed by atoms with van der Waals surface area (Å²) in [5, 5.41) is 0. The van der Waals surface area contributed by atoms with Crippen LogP contribution in [0.1, 0.15) is 45.4 Å². The SMILES string of the molecule is CC1CCC(N)C(OC2CCC2)C1. The maximum Gasteiger partial charge on any atom is 0.0732 e. The summed E-state index contributed by atoms with van der Waals surface area (Å²) in [7, 11) is 0. The molecule has 0 heterocycles. The normalized spacial score (nSPS) is 41.5. The van der Waals surface area contributed by atoms with Crippen molar-refractivity contribution >= 4 is 0 Å². The van der Waals surface area contributed by atoms with E-state index >= 15 is 0 Å². The Morgan fingerprint density at radius 3 is 2.54 bits per heavy atom. The molecular formula is C11H21NO. The predicted molar refractivity (Wildman–Crippen MR) is 53.5 cm³/mol. The van der Waals surface area contributed by atoms with E-state index in [1.807, 2.05) is 0 Å². The second kappa shape index (κ2) is 3.97. The molecule has 2 aliphatic rings. The highest BCUT2D eigenvalue weighted by Gasteiger charge is 2.30. The summed E-state index contributed by atoms with van der Waals surface area (Å²) in [5.74, 6) is 0.810. The molecule has 0 bridgehead atoms. The van der Waals surface area contributed by atoms with E-state index in [1.165, 1.54) is 32.1 Å². The number of nitrogens with two attached hydrogens (primary N) is 1. The van der Waals surface area contributed by atoms with E-state index in [2.05, 4.69) is 6.92 Å². The van der Waals surface area contributed by atoms with Crippen LogP contribution < -0.4 is 5.73 Å². The maximum absolute atomic E-state index is 6.04. The van der Waals surface area contributed by atoms with Crippen molar-refractivity contribution in [3.05, 3.63) is 0 Å². The van der Waals surface area contributed by atoms with E-state index in [1.54, 1.807) is 0 Å². The molecule has 76 valence electrons. The molecule has 0 aromatic carbocycles. The van der Waals surface area contributed by atoms with E-state index < -0.39 is 0 Å². The molecule has 2 aliphatic carbocycles. The van der Waals surface area contributed by atoms with Gasteiger partial charge in [-0.25, -0.2) is 0 Å². The molecule has 3 unspecified atom stereocenters. The Morgan fingerprint density at radius 1 is 1.15 bits per heavy atom. The van der Waals surface area contributed by atoms with Crippen LogP contribution in [-0.2, 0) is 4.74 Å². The van der Waals surface area contributed by atoms with Crippen LogP contribution in [0.15, 0.2) is 0 Å². The predicted octanol–water partition coefficient (Wildman–Crippen LogP) is 2.07. The van der Waals surface area contributed by atoms with Crippen LogP contribution in [0.4, 0.5) is 0 Å². The molecule has 0 aliphatic heterocycles. The molecule has 2 rings (SSSR count). The smallest absolute Gasteiger partial charge is 0.0732 e. The third-order valence-corrected chi connectivity index (χ3v) is 3.52. The minimum atomic E-state index is 0.303. The summed E-state index contributed by atoms with van der Waals surface area (Å²) >= 11 is 0. The molecule has 0 spiro atoms. The summed E-state index contributed by atoms with van der Waals surface area (Å²) in [5.41, 5.74) is 6.04. The molecule has 0 amide bonds. The van der Waals surface area contributed by atoms with Gasteiger partial charge in [0.2, 0.25) is 0 Å². The third-order valence-electron chi connectivity index (χ3n) is 3.52. The first-order chi connectivity index (χ1) is 6.25. The molecule has 0 radical (unpaired) electrons. The summed E-state index contributed by atoms with van der Waals surface area (Å²) in [6, 6.07) is 0.303. The van der Waals surface area contributed by atoms with Crippen molar-refractivity contribution in [3.8, 4) is 0 Å². The van der Waals surface area contributed by atoms with E-state index in [9.17, 15) is 0 Å². The summed E-state index contributed by atoms with van der Waals surface area (Å²) < 4.78 is 5.98. The first-order valence-corrected chi connectivity index (χ1v) is 5.66. The van der Waals surface area contributed by atoms with Crippen LogP contribution >= 0.6 is 0 Å². The fourth-order valence-corrected chi connectivity index (χ4v) is 2.26. The van der Waals surface area contributed by atoms with E-state index in [-0.39, 0.29) is 0 Å². The summed E-state index contributed by atoms with van der Waals surface area (Å²) in [6.07, 6.45) is 8.38. The Balaban J connectivity index is 1.80. The monoisotopic (exact) mass is 183 g/mol. The van der Waals surface area contributed by atoms with Crippen molar-refractivity contribution in [3.63, 3.8) is 0 Å². The molecule has 2 N–H and O–H groups in total. The number of ether oxygens (including phenoxy) is 1. The molecule has 0 aromatic rings. The van der Waals surface area contributed by atoms with Gasteiger partial charge < -0.3 is 10.5 Å². The van der Waals surface area contributed by atoms with E-state index in [0.717, 1.165) is 12.3 Å². The van der Waals surface area contributed by atoms with Crippen molar-refractivity contribution in [1.29, 1.82) is 0 Å². The highest BCUT2D eigenvalue weighted by Crippen LogP contribution is 2.30. The average molecular weight is 183 g/mol. The van der Waals surface area contributed by atoms with Crippen molar-refractivity contribution in [2.75, 3.05) is 0 Å². The molecule has 3 atom stereocenters. The van der Waals surface area contributed by atoms with Crippen LogP contribution in [0.25, 0.3) is 0 Å². The lowest BCUT2D eigenvalue weighted by atomic mass is 9.85. The molecule has 2 fully saturated rings. The van der Waals surface area contributed by atoms with Crippen LogP contribution in [0.2, 0.25) is 0 Å². The van der Waals surface area contributed by atoms with Gasteiger partial charge in [-0.15, -0.1) is 0 Å². The van der Waals surface area contributed by atoms with Gasteiger partial charge in [-0.1, -0.05) is 6.92 Å². The molecule has 0 aromatic heterocycles. The van der Waals surface area contributed by atoms with Crippen LogP contribution in [0.5, 0.6) is 0 Å². The molecule has 13 heavy (non-hydrogen) atoms. The molecule has 0 saturated heterocycles. The van der Waals surface area contributed by atoms with Gasteiger partial charge in [-0.2, -0.15) is 0 Å². The lowest BCUT2D eigenvalue weighted by molar-refractivity contribution is -0.0794. The van der Waals surface area contributed by atoms with Gasteiger partial charge >= 0.3 is 0 Å². The number of hydrogen-bond donors (Lipinski definition) is 1. The van der Waals surface area contributed by atoms with E-state index in [0.29, 0.717) is 18.2 Å². The largest absolute Gasteiger partial charge is 0.373 e. The van der Waals surface area contributed by atoms with Gasteiger partial charge in [0.25, 0.3) is 0 Å². The van der Waals surface area contributed by atoms with Crippen LogP contribution in [0.3, 0.4) is 0 Å². The Labute approximate surface area is 80.8 Å². The fraction of sp³-hybridized carbons (Fsp3) is 1.00. The minimum Gasteiger partial charge on any atom is -0.373 e. The quantitative estimate of drug-likeness (QED) is 0.711. The molecule has 2 nitrogen and oxygen atoms in total. The second-order valence-corrected chi connectivity index (χ2v) is 4.81. The molecule has 2 heteroatoms. The second-order valence-electron chi connectivity index (χ2n) is 4.81. The summed E-state index contributed by atoms with van der Waals surface area (Å²) in [4.78, 5) is 0. The Hall–Kier alpha value is -0.0800. The zero-order valence-electron chi connectivity index (χ0n) is 8.54. The van der Waals surface area contributed by atoms with Crippen molar-refractivity contribution in [2.45, 2.75) is 63.7 Å². The van der Waals surface area contributed by atoms with Gasteiger partial charge in [0.05, 0.1) is 12.2 Å². The van der Waals surface area contributed by atoms with Gasteiger partial charge in [-0.3, -0.25) is 0 Å². The first-order valence-electron chi connectivity index (χ1n) is 5.66.